The molecule has 0 aromatic carbocycles. The lowest BCUT2D eigenvalue weighted by Crippen LogP contribution is -2.51. The Kier molecular flexibility index (Phi) is 5.26. The van der Waals surface area contributed by atoms with Crippen LogP contribution >= 0.6 is 0 Å². The molecule has 1 amide bonds. The standard InChI is InChI=1S/C16H30N2O/c1-3-14-7-5-11-18(12-8-14)15(19)16(4-2)9-6-10-17-13-16/h14,17H,3-13H2,1-2H3. The summed E-state index contributed by atoms with van der Waals surface area (Å²) in [6, 6.07) is 0. The zero-order valence-corrected chi connectivity index (χ0v) is 12.7. The molecular formula is C16H30N2O. The number of hydrogen-bond donors (Lipinski definition) is 1. The molecule has 2 rings (SSSR count). The maximum Gasteiger partial charge on any atom is 0.230 e. The quantitative estimate of drug-likeness (QED) is 0.852. The number of carbonyl (C=O) groups is 1. The van der Waals surface area contributed by atoms with Crippen molar-refractivity contribution in [1.29, 1.82) is 0 Å². The Morgan fingerprint density at radius 2 is 2.11 bits per heavy atom. The van der Waals surface area contributed by atoms with Gasteiger partial charge >= 0.3 is 0 Å². The lowest BCUT2D eigenvalue weighted by molar-refractivity contribution is -0.143. The van der Waals surface area contributed by atoms with E-state index in [0.29, 0.717) is 5.91 Å². The molecule has 0 aliphatic carbocycles. The van der Waals surface area contributed by atoms with E-state index in [0.717, 1.165) is 51.4 Å². The first-order valence-electron chi connectivity index (χ1n) is 8.22. The van der Waals surface area contributed by atoms with Gasteiger partial charge in [-0.1, -0.05) is 20.3 Å². The highest BCUT2D eigenvalue weighted by molar-refractivity contribution is 5.83. The lowest BCUT2D eigenvalue weighted by Gasteiger charge is -2.39. The van der Waals surface area contributed by atoms with Crippen molar-refractivity contribution in [2.24, 2.45) is 11.3 Å². The van der Waals surface area contributed by atoms with Crippen LogP contribution in [-0.2, 0) is 4.79 Å². The van der Waals surface area contributed by atoms with E-state index in [1.807, 2.05) is 0 Å². The normalized spacial score (nSPS) is 32.9. The predicted molar refractivity (Wildman–Crippen MR) is 79.0 cm³/mol. The highest BCUT2D eigenvalue weighted by atomic mass is 16.2. The smallest absolute Gasteiger partial charge is 0.230 e. The lowest BCUT2D eigenvalue weighted by atomic mass is 9.77. The summed E-state index contributed by atoms with van der Waals surface area (Å²) in [6.45, 7) is 8.39. The van der Waals surface area contributed by atoms with E-state index < -0.39 is 0 Å². The molecule has 2 atom stereocenters. The molecule has 3 heteroatoms. The van der Waals surface area contributed by atoms with Crippen LogP contribution in [0.1, 0.15) is 58.8 Å². The van der Waals surface area contributed by atoms with E-state index in [-0.39, 0.29) is 5.41 Å². The van der Waals surface area contributed by atoms with Crippen LogP contribution in [0.4, 0.5) is 0 Å². The maximum absolute atomic E-state index is 12.9. The summed E-state index contributed by atoms with van der Waals surface area (Å²) in [6.07, 6.45) is 8.16. The van der Waals surface area contributed by atoms with Gasteiger partial charge in [-0.15, -0.1) is 0 Å². The number of carbonyl (C=O) groups excluding carboxylic acids is 1. The minimum Gasteiger partial charge on any atom is -0.342 e. The fourth-order valence-corrected chi connectivity index (χ4v) is 3.72. The van der Waals surface area contributed by atoms with E-state index in [1.165, 1.54) is 25.7 Å². The Morgan fingerprint density at radius 1 is 1.26 bits per heavy atom. The summed E-state index contributed by atoms with van der Waals surface area (Å²) in [5, 5.41) is 3.43. The van der Waals surface area contributed by atoms with E-state index in [9.17, 15) is 4.79 Å². The molecular weight excluding hydrogens is 236 g/mol. The zero-order valence-electron chi connectivity index (χ0n) is 12.7. The number of nitrogens with one attached hydrogen (secondary N) is 1. The van der Waals surface area contributed by atoms with Gasteiger partial charge in [0, 0.05) is 19.6 Å². The Morgan fingerprint density at radius 3 is 2.74 bits per heavy atom. The van der Waals surface area contributed by atoms with E-state index >= 15 is 0 Å². The van der Waals surface area contributed by atoms with Crippen LogP contribution in [0.2, 0.25) is 0 Å². The van der Waals surface area contributed by atoms with Gasteiger partial charge in [-0.05, 0) is 51.0 Å². The first kappa shape index (κ1) is 14.8. The molecule has 2 heterocycles. The highest BCUT2D eigenvalue weighted by Crippen LogP contribution is 2.33. The molecule has 0 aromatic rings. The Hall–Kier alpha value is -0.570. The highest BCUT2D eigenvalue weighted by Gasteiger charge is 2.40. The number of nitrogens with zero attached hydrogens (tertiary/aromatic N) is 1. The summed E-state index contributed by atoms with van der Waals surface area (Å²) < 4.78 is 0. The van der Waals surface area contributed by atoms with Crippen molar-refractivity contribution in [2.45, 2.75) is 58.8 Å². The van der Waals surface area contributed by atoms with Gasteiger partial charge in [0.2, 0.25) is 5.91 Å². The molecule has 2 fully saturated rings. The molecule has 0 radical (unpaired) electrons. The van der Waals surface area contributed by atoms with Crippen LogP contribution < -0.4 is 5.32 Å². The molecule has 0 spiro atoms. The van der Waals surface area contributed by atoms with Gasteiger partial charge < -0.3 is 10.2 Å². The summed E-state index contributed by atoms with van der Waals surface area (Å²) in [4.78, 5) is 15.1. The third-order valence-corrected chi connectivity index (χ3v) is 5.31. The van der Waals surface area contributed by atoms with Crippen LogP contribution in [-0.4, -0.2) is 37.0 Å². The molecule has 2 aliphatic rings. The summed E-state index contributed by atoms with van der Waals surface area (Å²) in [7, 11) is 0. The largest absolute Gasteiger partial charge is 0.342 e. The number of rotatable bonds is 3. The average molecular weight is 266 g/mol. The SMILES string of the molecule is CCC1CCCN(C(=O)C2(CC)CCCNC2)CC1. The summed E-state index contributed by atoms with van der Waals surface area (Å²) in [5.74, 6) is 1.26. The third kappa shape index (κ3) is 3.31. The van der Waals surface area contributed by atoms with Gasteiger partial charge in [-0.2, -0.15) is 0 Å². The number of hydrogen-bond acceptors (Lipinski definition) is 2. The van der Waals surface area contributed by atoms with Gasteiger partial charge in [0.05, 0.1) is 5.41 Å². The van der Waals surface area contributed by atoms with Crippen LogP contribution in [0, 0.1) is 11.3 Å². The van der Waals surface area contributed by atoms with E-state index in [1.54, 1.807) is 0 Å². The fourth-order valence-electron chi connectivity index (χ4n) is 3.72. The third-order valence-electron chi connectivity index (χ3n) is 5.31. The van der Waals surface area contributed by atoms with Crippen molar-refractivity contribution in [2.75, 3.05) is 26.2 Å². The van der Waals surface area contributed by atoms with Crippen molar-refractivity contribution in [1.82, 2.24) is 10.2 Å². The van der Waals surface area contributed by atoms with Gasteiger partial charge in [0.15, 0.2) is 0 Å². The molecule has 1 N–H and O–H groups in total. The van der Waals surface area contributed by atoms with Crippen LogP contribution in [0.5, 0.6) is 0 Å². The Labute approximate surface area is 118 Å². The van der Waals surface area contributed by atoms with Crippen LogP contribution in [0.15, 0.2) is 0 Å². The Bertz CT molecular complexity index is 297. The molecule has 0 saturated carbocycles. The Balaban J connectivity index is 2.01. The second kappa shape index (κ2) is 6.74. The second-order valence-electron chi connectivity index (χ2n) is 6.41. The van der Waals surface area contributed by atoms with Gasteiger partial charge in [-0.25, -0.2) is 0 Å². The van der Waals surface area contributed by atoms with E-state index in [4.69, 9.17) is 0 Å². The first-order valence-corrected chi connectivity index (χ1v) is 8.22. The molecule has 0 aromatic heterocycles. The molecule has 110 valence electrons. The summed E-state index contributed by atoms with van der Waals surface area (Å²) >= 11 is 0. The number of piperidine rings is 1. The van der Waals surface area contributed by atoms with Gasteiger partial charge in [0.25, 0.3) is 0 Å². The van der Waals surface area contributed by atoms with Crippen molar-refractivity contribution in [3.8, 4) is 0 Å². The molecule has 19 heavy (non-hydrogen) atoms. The first-order chi connectivity index (χ1) is 9.22. The van der Waals surface area contributed by atoms with Crippen LogP contribution in [0.3, 0.4) is 0 Å². The minimum absolute atomic E-state index is 0.107. The van der Waals surface area contributed by atoms with Crippen molar-refractivity contribution in [3.05, 3.63) is 0 Å². The minimum atomic E-state index is -0.107. The maximum atomic E-state index is 12.9. The molecule has 3 nitrogen and oxygen atoms in total. The molecule has 0 bridgehead atoms. The van der Waals surface area contributed by atoms with Gasteiger partial charge in [0.1, 0.15) is 0 Å². The summed E-state index contributed by atoms with van der Waals surface area (Å²) in [5.41, 5.74) is -0.107. The van der Waals surface area contributed by atoms with Crippen molar-refractivity contribution >= 4 is 5.91 Å². The topological polar surface area (TPSA) is 32.3 Å². The number of likely N-dealkylation sites (tertiary alicyclic amines) is 1. The van der Waals surface area contributed by atoms with Crippen molar-refractivity contribution < 1.29 is 4.79 Å². The molecule has 2 saturated heterocycles. The average Bonchev–Trinajstić information content (AvgIpc) is 2.72. The second-order valence-corrected chi connectivity index (χ2v) is 6.41. The monoisotopic (exact) mass is 266 g/mol. The number of amides is 1. The predicted octanol–water partition coefficient (Wildman–Crippen LogP) is 2.80. The van der Waals surface area contributed by atoms with Gasteiger partial charge in [-0.3, -0.25) is 4.79 Å². The zero-order chi connectivity index (χ0) is 13.7. The van der Waals surface area contributed by atoms with E-state index in [2.05, 4.69) is 24.1 Å². The van der Waals surface area contributed by atoms with Crippen molar-refractivity contribution in [3.63, 3.8) is 0 Å². The van der Waals surface area contributed by atoms with Crippen LogP contribution in [0.25, 0.3) is 0 Å². The fraction of sp³-hybridized carbons (Fsp3) is 0.938. The molecule has 2 aliphatic heterocycles. The molecule has 2 unspecified atom stereocenters.